The van der Waals surface area contributed by atoms with Crippen LogP contribution in [0.1, 0.15) is 27.1 Å². The van der Waals surface area contributed by atoms with Crippen LogP contribution in [0.5, 0.6) is 5.75 Å². The van der Waals surface area contributed by atoms with E-state index in [1.807, 2.05) is 52.7 Å². The van der Waals surface area contributed by atoms with Gasteiger partial charge < -0.3 is 15.0 Å². The highest BCUT2D eigenvalue weighted by Gasteiger charge is 2.29. The molecule has 1 N–H and O–H groups in total. The van der Waals surface area contributed by atoms with Crippen molar-refractivity contribution in [1.82, 2.24) is 20.2 Å². The fourth-order valence-corrected chi connectivity index (χ4v) is 3.79. The zero-order chi connectivity index (χ0) is 18.5. The second-order valence-corrected chi connectivity index (χ2v) is 7.17. The van der Waals surface area contributed by atoms with Crippen molar-refractivity contribution in [2.75, 3.05) is 19.6 Å². The van der Waals surface area contributed by atoms with Crippen LogP contribution in [0.2, 0.25) is 0 Å². The lowest BCUT2D eigenvalue weighted by Gasteiger charge is -2.36. The van der Waals surface area contributed by atoms with Gasteiger partial charge in [0.05, 0.1) is 6.04 Å². The number of piperazine rings is 1. The van der Waals surface area contributed by atoms with Gasteiger partial charge in [0, 0.05) is 37.4 Å². The second-order valence-electron chi connectivity index (χ2n) is 6.23. The van der Waals surface area contributed by atoms with E-state index in [1.165, 1.54) is 11.3 Å². The summed E-state index contributed by atoms with van der Waals surface area (Å²) in [7, 11) is 0. The van der Waals surface area contributed by atoms with Gasteiger partial charge in [-0.2, -0.15) is 0 Å². The van der Waals surface area contributed by atoms with E-state index in [2.05, 4.69) is 15.3 Å². The van der Waals surface area contributed by atoms with E-state index >= 15 is 0 Å². The summed E-state index contributed by atoms with van der Waals surface area (Å²) in [4.78, 5) is 23.5. The van der Waals surface area contributed by atoms with Gasteiger partial charge in [-0.15, -0.1) is 11.3 Å². The smallest absolute Gasteiger partial charge is 0.273 e. The molecular weight excluding hydrogens is 360 g/mol. The fraction of sp³-hybridized carbons (Fsp3) is 0.250. The molecule has 1 aliphatic heterocycles. The number of nitrogens with one attached hydrogen (secondary N) is 1. The molecule has 138 valence electrons. The molecule has 1 aliphatic rings. The summed E-state index contributed by atoms with van der Waals surface area (Å²) < 4.78 is 5.73. The van der Waals surface area contributed by atoms with Gasteiger partial charge in [-0.05, 0) is 29.8 Å². The number of ether oxygens (including phenoxy) is 1. The van der Waals surface area contributed by atoms with E-state index in [9.17, 15) is 4.79 Å². The Hall–Kier alpha value is -2.77. The fourth-order valence-electron chi connectivity index (χ4n) is 3.12. The molecule has 0 saturated carbocycles. The summed E-state index contributed by atoms with van der Waals surface area (Å²) in [5, 5.41) is 5.97. The Morgan fingerprint density at radius 3 is 2.85 bits per heavy atom. The molecule has 27 heavy (non-hydrogen) atoms. The Bertz CT molecular complexity index is 885. The van der Waals surface area contributed by atoms with E-state index in [-0.39, 0.29) is 11.9 Å². The summed E-state index contributed by atoms with van der Waals surface area (Å²) in [5.41, 5.74) is 1.56. The molecule has 1 fully saturated rings. The van der Waals surface area contributed by atoms with Crippen molar-refractivity contribution in [3.63, 3.8) is 0 Å². The first kappa shape index (κ1) is 17.6. The maximum Gasteiger partial charge on any atom is 0.273 e. The van der Waals surface area contributed by atoms with Crippen LogP contribution in [0.4, 0.5) is 0 Å². The molecule has 1 unspecified atom stereocenters. The molecule has 1 aromatic carbocycles. The molecule has 1 amide bonds. The molecule has 3 aromatic rings. The molecule has 6 nitrogen and oxygen atoms in total. The Morgan fingerprint density at radius 2 is 2.04 bits per heavy atom. The van der Waals surface area contributed by atoms with Crippen molar-refractivity contribution in [1.29, 1.82) is 0 Å². The van der Waals surface area contributed by atoms with E-state index in [4.69, 9.17) is 4.74 Å². The number of benzene rings is 1. The number of pyridine rings is 1. The lowest BCUT2D eigenvalue weighted by molar-refractivity contribution is 0.0628. The maximum atomic E-state index is 13.1. The molecule has 0 radical (unpaired) electrons. The van der Waals surface area contributed by atoms with Crippen molar-refractivity contribution >= 4 is 17.2 Å². The number of carbonyl (C=O) groups excluding carboxylic acids is 1. The minimum absolute atomic E-state index is 0.0139. The van der Waals surface area contributed by atoms with Gasteiger partial charge in [-0.1, -0.05) is 18.2 Å². The van der Waals surface area contributed by atoms with Crippen LogP contribution < -0.4 is 10.1 Å². The number of rotatable bonds is 5. The average Bonchev–Trinajstić information content (AvgIpc) is 3.22. The standard InChI is InChI=1S/C20H20N4O2S/c25-20(24-11-10-22-12-18(24)15-6-8-21-9-7-15)17-14-27-19(23-17)13-26-16-4-2-1-3-5-16/h1-9,14,18,22H,10-13H2. The first-order valence-electron chi connectivity index (χ1n) is 8.85. The minimum Gasteiger partial charge on any atom is -0.486 e. The monoisotopic (exact) mass is 380 g/mol. The topological polar surface area (TPSA) is 67.3 Å². The molecule has 1 atom stereocenters. The third-order valence-electron chi connectivity index (χ3n) is 4.47. The van der Waals surface area contributed by atoms with Crippen LogP contribution >= 0.6 is 11.3 Å². The summed E-state index contributed by atoms with van der Waals surface area (Å²) in [6, 6.07) is 13.5. The molecule has 0 aliphatic carbocycles. The summed E-state index contributed by atoms with van der Waals surface area (Å²) in [5.74, 6) is 0.751. The number of carbonyl (C=O) groups is 1. The minimum atomic E-state index is -0.0412. The Labute approximate surface area is 161 Å². The van der Waals surface area contributed by atoms with Gasteiger partial charge in [0.15, 0.2) is 0 Å². The van der Waals surface area contributed by atoms with E-state index < -0.39 is 0 Å². The normalized spacial score (nSPS) is 16.9. The van der Waals surface area contributed by atoms with Crippen molar-refractivity contribution in [3.8, 4) is 5.75 Å². The maximum absolute atomic E-state index is 13.1. The zero-order valence-electron chi connectivity index (χ0n) is 14.7. The number of hydrogen-bond acceptors (Lipinski definition) is 6. The average molecular weight is 380 g/mol. The van der Waals surface area contributed by atoms with Gasteiger partial charge in [-0.3, -0.25) is 9.78 Å². The molecule has 0 spiro atoms. The van der Waals surface area contributed by atoms with E-state index in [0.29, 0.717) is 18.8 Å². The van der Waals surface area contributed by atoms with Crippen molar-refractivity contribution in [2.45, 2.75) is 12.6 Å². The first-order valence-corrected chi connectivity index (χ1v) is 9.73. The highest BCUT2D eigenvalue weighted by Crippen LogP contribution is 2.24. The second kappa shape index (κ2) is 8.28. The number of hydrogen-bond donors (Lipinski definition) is 1. The van der Waals surface area contributed by atoms with Gasteiger partial charge >= 0.3 is 0 Å². The third-order valence-corrected chi connectivity index (χ3v) is 5.29. The highest BCUT2D eigenvalue weighted by molar-refractivity contribution is 7.09. The van der Waals surface area contributed by atoms with Gasteiger partial charge in [0.2, 0.25) is 0 Å². The molecule has 1 saturated heterocycles. The van der Waals surface area contributed by atoms with Crippen LogP contribution in [0.15, 0.2) is 60.2 Å². The molecule has 3 heterocycles. The lowest BCUT2D eigenvalue weighted by atomic mass is 10.0. The molecule has 7 heteroatoms. The first-order chi connectivity index (χ1) is 13.3. The largest absolute Gasteiger partial charge is 0.486 e. The van der Waals surface area contributed by atoms with Crippen LogP contribution in [0.25, 0.3) is 0 Å². The predicted octanol–water partition coefficient (Wildman–Crippen LogP) is 2.90. The van der Waals surface area contributed by atoms with Crippen molar-refractivity contribution in [2.24, 2.45) is 0 Å². The van der Waals surface area contributed by atoms with Crippen LogP contribution in [0.3, 0.4) is 0 Å². The SMILES string of the molecule is O=C(c1csc(COc2ccccc2)n1)N1CCNCC1c1ccncc1. The number of nitrogens with zero attached hydrogens (tertiary/aromatic N) is 3. The van der Waals surface area contributed by atoms with Crippen LogP contribution in [-0.2, 0) is 6.61 Å². The highest BCUT2D eigenvalue weighted by atomic mass is 32.1. The number of para-hydroxylation sites is 1. The van der Waals surface area contributed by atoms with Gasteiger partial charge in [-0.25, -0.2) is 4.98 Å². The van der Waals surface area contributed by atoms with Crippen LogP contribution in [0, 0.1) is 0 Å². The Morgan fingerprint density at radius 1 is 1.22 bits per heavy atom. The number of thiazole rings is 1. The molecule has 0 bridgehead atoms. The summed E-state index contributed by atoms with van der Waals surface area (Å²) in [6.07, 6.45) is 3.52. The molecule has 2 aromatic heterocycles. The quantitative estimate of drug-likeness (QED) is 0.737. The van der Waals surface area contributed by atoms with E-state index in [1.54, 1.807) is 12.4 Å². The Balaban J connectivity index is 1.46. The van der Waals surface area contributed by atoms with Crippen molar-refractivity contribution in [3.05, 3.63) is 76.5 Å². The predicted molar refractivity (Wildman–Crippen MR) is 104 cm³/mol. The van der Waals surface area contributed by atoms with Crippen LogP contribution in [-0.4, -0.2) is 40.4 Å². The number of amides is 1. The lowest BCUT2D eigenvalue weighted by Crippen LogP contribution is -2.48. The van der Waals surface area contributed by atoms with Gasteiger partial charge in [0.1, 0.15) is 23.1 Å². The zero-order valence-corrected chi connectivity index (χ0v) is 15.6. The number of aromatic nitrogens is 2. The molecular formula is C20H20N4O2S. The summed E-state index contributed by atoms with van der Waals surface area (Å²) in [6.45, 7) is 2.52. The Kier molecular flexibility index (Phi) is 5.41. The molecule has 4 rings (SSSR count). The summed E-state index contributed by atoms with van der Waals surface area (Å²) >= 11 is 1.45. The van der Waals surface area contributed by atoms with Crippen molar-refractivity contribution < 1.29 is 9.53 Å². The third kappa shape index (κ3) is 4.15. The van der Waals surface area contributed by atoms with E-state index in [0.717, 1.165) is 29.4 Å². The van der Waals surface area contributed by atoms with Gasteiger partial charge in [0.25, 0.3) is 5.91 Å².